The van der Waals surface area contributed by atoms with Gasteiger partial charge in [-0.25, -0.2) is 0 Å². The van der Waals surface area contributed by atoms with Crippen LogP contribution in [0.3, 0.4) is 0 Å². The number of aryl methyl sites for hydroxylation is 2. The van der Waals surface area contributed by atoms with Gasteiger partial charge in [-0.1, -0.05) is 18.2 Å². The number of ether oxygens (including phenoxy) is 1. The molecule has 0 aromatic heterocycles. The molecule has 25 heavy (non-hydrogen) atoms. The molecule has 1 heterocycles. The van der Waals surface area contributed by atoms with E-state index in [2.05, 4.69) is 61.2 Å². The Morgan fingerprint density at radius 3 is 2.48 bits per heavy atom. The Balaban J connectivity index is 1.69. The van der Waals surface area contributed by atoms with Crippen LogP contribution in [0.1, 0.15) is 30.0 Å². The SMILES string of the molecule is CCOc1ccc(N2CC(N)CC(Cc3ccc(C)c(C)c3)C2)cc1. The lowest BCUT2D eigenvalue weighted by Crippen LogP contribution is -2.47. The van der Waals surface area contributed by atoms with Crippen molar-refractivity contribution in [3.05, 3.63) is 59.2 Å². The van der Waals surface area contributed by atoms with Crippen LogP contribution in [0.2, 0.25) is 0 Å². The van der Waals surface area contributed by atoms with E-state index in [1.807, 2.05) is 6.92 Å². The van der Waals surface area contributed by atoms with Crippen LogP contribution in [-0.2, 0) is 6.42 Å². The van der Waals surface area contributed by atoms with Gasteiger partial charge in [0.1, 0.15) is 5.75 Å². The van der Waals surface area contributed by atoms with Crippen LogP contribution >= 0.6 is 0 Å². The Bertz CT molecular complexity index is 696. The second-order valence-corrected chi connectivity index (χ2v) is 7.32. The van der Waals surface area contributed by atoms with Crippen molar-refractivity contribution < 1.29 is 4.74 Å². The van der Waals surface area contributed by atoms with Gasteiger partial charge in [-0.05, 0) is 80.5 Å². The fourth-order valence-electron chi connectivity index (χ4n) is 3.79. The molecule has 2 unspecified atom stereocenters. The van der Waals surface area contributed by atoms with E-state index in [-0.39, 0.29) is 6.04 Å². The summed E-state index contributed by atoms with van der Waals surface area (Å²) in [5, 5.41) is 0. The molecule has 1 aliphatic heterocycles. The summed E-state index contributed by atoms with van der Waals surface area (Å²) in [7, 11) is 0. The van der Waals surface area contributed by atoms with Crippen molar-refractivity contribution in [3.8, 4) is 5.75 Å². The molecule has 0 spiro atoms. The van der Waals surface area contributed by atoms with E-state index in [0.29, 0.717) is 12.5 Å². The number of hydrogen-bond donors (Lipinski definition) is 1. The van der Waals surface area contributed by atoms with Crippen LogP contribution in [0, 0.1) is 19.8 Å². The highest BCUT2D eigenvalue weighted by Gasteiger charge is 2.25. The summed E-state index contributed by atoms with van der Waals surface area (Å²) >= 11 is 0. The van der Waals surface area contributed by atoms with Gasteiger partial charge in [-0.15, -0.1) is 0 Å². The van der Waals surface area contributed by atoms with Gasteiger partial charge in [-0.2, -0.15) is 0 Å². The van der Waals surface area contributed by atoms with Crippen LogP contribution in [0.15, 0.2) is 42.5 Å². The highest BCUT2D eigenvalue weighted by molar-refractivity contribution is 5.50. The first kappa shape index (κ1) is 17.8. The highest BCUT2D eigenvalue weighted by Crippen LogP contribution is 2.27. The molecule has 0 radical (unpaired) electrons. The first-order valence-electron chi connectivity index (χ1n) is 9.34. The van der Waals surface area contributed by atoms with Crippen molar-refractivity contribution in [1.82, 2.24) is 0 Å². The minimum absolute atomic E-state index is 0.233. The fraction of sp³-hybridized carbons (Fsp3) is 0.455. The van der Waals surface area contributed by atoms with Gasteiger partial charge in [0.25, 0.3) is 0 Å². The number of nitrogens with two attached hydrogens (primary N) is 1. The van der Waals surface area contributed by atoms with E-state index in [4.69, 9.17) is 10.5 Å². The number of nitrogens with zero attached hydrogens (tertiary/aromatic N) is 1. The molecular weight excluding hydrogens is 308 g/mol. The Morgan fingerprint density at radius 2 is 1.80 bits per heavy atom. The van der Waals surface area contributed by atoms with Gasteiger partial charge >= 0.3 is 0 Å². The molecular formula is C22H30N2O. The maximum Gasteiger partial charge on any atom is 0.119 e. The van der Waals surface area contributed by atoms with Gasteiger partial charge in [0.2, 0.25) is 0 Å². The summed E-state index contributed by atoms with van der Waals surface area (Å²) in [5.41, 5.74) is 11.8. The van der Waals surface area contributed by atoms with Crippen molar-refractivity contribution in [1.29, 1.82) is 0 Å². The molecule has 1 fully saturated rings. The zero-order valence-electron chi connectivity index (χ0n) is 15.7. The van der Waals surface area contributed by atoms with Gasteiger partial charge < -0.3 is 15.4 Å². The summed E-state index contributed by atoms with van der Waals surface area (Å²) in [4.78, 5) is 2.43. The molecule has 2 atom stereocenters. The quantitative estimate of drug-likeness (QED) is 0.892. The number of anilines is 1. The molecule has 0 aliphatic carbocycles. The van der Waals surface area contributed by atoms with Crippen LogP contribution in [0.25, 0.3) is 0 Å². The first-order valence-corrected chi connectivity index (χ1v) is 9.34. The zero-order valence-corrected chi connectivity index (χ0v) is 15.7. The number of piperidine rings is 1. The van der Waals surface area contributed by atoms with E-state index < -0.39 is 0 Å². The minimum Gasteiger partial charge on any atom is -0.494 e. The Labute approximate surface area is 151 Å². The molecule has 1 saturated heterocycles. The third-order valence-electron chi connectivity index (χ3n) is 5.18. The zero-order chi connectivity index (χ0) is 17.8. The Morgan fingerprint density at radius 1 is 1.04 bits per heavy atom. The summed E-state index contributed by atoms with van der Waals surface area (Å²) in [6, 6.07) is 15.5. The van der Waals surface area contributed by atoms with Crippen LogP contribution in [0.4, 0.5) is 5.69 Å². The average Bonchev–Trinajstić information content (AvgIpc) is 2.59. The van der Waals surface area contributed by atoms with Crippen molar-refractivity contribution >= 4 is 5.69 Å². The van der Waals surface area contributed by atoms with Gasteiger partial charge in [0, 0.05) is 24.8 Å². The molecule has 3 nitrogen and oxygen atoms in total. The molecule has 2 N–H and O–H groups in total. The Hall–Kier alpha value is -2.00. The van der Waals surface area contributed by atoms with Crippen LogP contribution < -0.4 is 15.4 Å². The van der Waals surface area contributed by atoms with E-state index >= 15 is 0 Å². The number of hydrogen-bond acceptors (Lipinski definition) is 3. The fourth-order valence-corrected chi connectivity index (χ4v) is 3.79. The molecule has 1 aliphatic rings. The van der Waals surface area contributed by atoms with Crippen molar-refractivity contribution in [2.45, 2.75) is 39.7 Å². The molecule has 0 bridgehead atoms. The van der Waals surface area contributed by atoms with Crippen molar-refractivity contribution in [2.75, 3.05) is 24.6 Å². The smallest absolute Gasteiger partial charge is 0.119 e. The van der Waals surface area contributed by atoms with Gasteiger partial charge in [-0.3, -0.25) is 0 Å². The average molecular weight is 338 g/mol. The molecule has 2 aromatic rings. The highest BCUT2D eigenvalue weighted by atomic mass is 16.5. The summed E-state index contributed by atoms with van der Waals surface area (Å²) in [6.45, 7) is 9.06. The molecule has 2 aromatic carbocycles. The molecule has 3 rings (SSSR count). The van der Waals surface area contributed by atoms with E-state index in [0.717, 1.165) is 31.7 Å². The van der Waals surface area contributed by atoms with E-state index in [9.17, 15) is 0 Å². The summed E-state index contributed by atoms with van der Waals surface area (Å²) < 4.78 is 5.55. The predicted octanol–water partition coefficient (Wildman–Crippen LogP) is 4.10. The molecule has 0 saturated carbocycles. The third-order valence-corrected chi connectivity index (χ3v) is 5.18. The summed E-state index contributed by atoms with van der Waals surface area (Å²) in [5.74, 6) is 1.52. The second-order valence-electron chi connectivity index (χ2n) is 7.32. The van der Waals surface area contributed by atoms with Crippen LogP contribution in [-0.4, -0.2) is 25.7 Å². The van der Waals surface area contributed by atoms with Crippen LogP contribution in [0.5, 0.6) is 5.75 Å². The monoisotopic (exact) mass is 338 g/mol. The Kier molecular flexibility index (Phi) is 5.64. The van der Waals surface area contributed by atoms with Gasteiger partial charge in [0.05, 0.1) is 6.61 Å². The normalized spacial score (nSPS) is 20.6. The van der Waals surface area contributed by atoms with E-state index in [1.54, 1.807) is 0 Å². The maximum absolute atomic E-state index is 6.37. The predicted molar refractivity (Wildman–Crippen MR) is 106 cm³/mol. The lowest BCUT2D eigenvalue weighted by molar-refractivity contribution is 0.340. The second kappa shape index (κ2) is 7.92. The lowest BCUT2D eigenvalue weighted by atomic mass is 9.88. The molecule has 3 heteroatoms. The molecule has 134 valence electrons. The maximum atomic E-state index is 6.37. The number of rotatable bonds is 5. The van der Waals surface area contributed by atoms with Gasteiger partial charge in [0.15, 0.2) is 0 Å². The standard InChI is InChI=1S/C22H30N2O/c1-4-25-22-9-7-21(8-10-22)24-14-19(13-20(23)15-24)12-18-6-5-16(2)17(3)11-18/h5-11,19-20H,4,12-15,23H2,1-3H3. The molecule has 0 amide bonds. The topological polar surface area (TPSA) is 38.5 Å². The first-order chi connectivity index (χ1) is 12.0. The summed E-state index contributed by atoms with van der Waals surface area (Å²) in [6.07, 6.45) is 2.20. The van der Waals surface area contributed by atoms with E-state index in [1.165, 1.54) is 22.4 Å². The third kappa shape index (κ3) is 4.55. The van der Waals surface area contributed by atoms with Crippen molar-refractivity contribution in [2.24, 2.45) is 11.7 Å². The minimum atomic E-state index is 0.233. The van der Waals surface area contributed by atoms with Crippen molar-refractivity contribution in [3.63, 3.8) is 0 Å². The largest absolute Gasteiger partial charge is 0.494 e. The lowest BCUT2D eigenvalue weighted by Gasteiger charge is -2.38. The number of benzene rings is 2.